The molecule has 1 unspecified atom stereocenters. The Labute approximate surface area is 133 Å². The molecule has 5 heteroatoms. The molecule has 1 aromatic carbocycles. The van der Waals surface area contributed by atoms with Crippen molar-refractivity contribution in [2.45, 2.75) is 39.2 Å². The minimum atomic E-state index is 0. The van der Waals surface area contributed by atoms with Crippen LogP contribution in [0.15, 0.2) is 24.3 Å². The van der Waals surface area contributed by atoms with Crippen LogP contribution in [0.25, 0.3) is 0 Å². The maximum atomic E-state index is 11.7. The SMILES string of the molecule is CCC(C)Oc1ccc(NC(=O)CNCC2CC2)cc1.Cl. The smallest absolute Gasteiger partial charge is 0.238 e. The van der Waals surface area contributed by atoms with Crippen molar-refractivity contribution in [2.24, 2.45) is 5.92 Å². The molecule has 0 heterocycles. The number of benzene rings is 1. The highest BCUT2D eigenvalue weighted by Crippen LogP contribution is 2.27. The third-order valence-corrected chi connectivity index (χ3v) is 3.47. The Kier molecular flexibility index (Phi) is 7.54. The summed E-state index contributed by atoms with van der Waals surface area (Å²) in [6, 6.07) is 7.52. The second-order valence-electron chi connectivity index (χ2n) is 5.48. The minimum Gasteiger partial charge on any atom is -0.491 e. The van der Waals surface area contributed by atoms with Crippen LogP contribution in [0, 0.1) is 5.92 Å². The Bertz CT molecular complexity index is 432. The Morgan fingerprint density at radius 1 is 1.33 bits per heavy atom. The third-order valence-electron chi connectivity index (χ3n) is 3.47. The van der Waals surface area contributed by atoms with Gasteiger partial charge in [0.1, 0.15) is 5.75 Å². The highest BCUT2D eigenvalue weighted by molar-refractivity contribution is 5.92. The standard InChI is InChI=1S/C16H24N2O2.ClH/c1-3-12(2)20-15-8-6-14(7-9-15)18-16(19)11-17-10-13-4-5-13;/h6-9,12-13,17H,3-5,10-11H2,1-2H3,(H,18,19);1H. The summed E-state index contributed by atoms with van der Waals surface area (Å²) in [6.07, 6.45) is 3.78. The zero-order valence-corrected chi connectivity index (χ0v) is 13.5. The van der Waals surface area contributed by atoms with Gasteiger partial charge >= 0.3 is 0 Å². The van der Waals surface area contributed by atoms with E-state index in [1.54, 1.807) is 0 Å². The number of nitrogens with one attached hydrogen (secondary N) is 2. The topological polar surface area (TPSA) is 50.4 Å². The number of ether oxygens (including phenoxy) is 1. The summed E-state index contributed by atoms with van der Waals surface area (Å²) in [4.78, 5) is 11.7. The maximum absolute atomic E-state index is 11.7. The average molecular weight is 313 g/mol. The highest BCUT2D eigenvalue weighted by Gasteiger charge is 2.20. The van der Waals surface area contributed by atoms with Gasteiger partial charge in [-0.05, 0) is 62.9 Å². The van der Waals surface area contributed by atoms with Crippen molar-refractivity contribution in [1.29, 1.82) is 0 Å². The third kappa shape index (κ3) is 6.82. The van der Waals surface area contributed by atoms with Crippen molar-refractivity contribution >= 4 is 24.0 Å². The molecule has 1 aromatic rings. The van der Waals surface area contributed by atoms with E-state index in [9.17, 15) is 4.79 Å². The second-order valence-corrected chi connectivity index (χ2v) is 5.48. The predicted molar refractivity (Wildman–Crippen MR) is 88.3 cm³/mol. The van der Waals surface area contributed by atoms with Gasteiger partial charge < -0.3 is 15.4 Å². The van der Waals surface area contributed by atoms with Crippen LogP contribution < -0.4 is 15.4 Å². The number of rotatable bonds is 8. The molecule has 1 atom stereocenters. The number of hydrogen-bond acceptors (Lipinski definition) is 3. The number of amides is 1. The molecule has 1 aliphatic rings. The van der Waals surface area contributed by atoms with Crippen molar-refractivity contribution in [1.82, 2.24) is 5.32 Å². The molecule has 4 nitrogen and oxygen atoms in total. The Hall–Kier alpha value is -1.26. The van der Waals surface area contributed by atoms with Crippen molar-refractivity contribution < 1.29 is 9.53 Å². The van der Waals surface area contributed by atoms with Crippen molar-refractivity contribution in [3.05, 3.63) is 24.3 Å². The Morgan fingerprint density at radius 3 is 2.57 bits per heavy atom. The van der Waals surface area contributed by atoms with E-state index in [-0.39, 0.29) is 24.4 Å². The summed E-state index contributed by atoms with van der Waals surface area (Å²) in [5.41, 5.74) is 0.805. The lowest BCUT2D eigenvalue weighted by atomic mass is 10.2. The van der Waals surface area contributed by atoms with Gasteiger partial charge in [0, 0.05) is 5.69 Å². The van der Waals surface area contributed by atoms with Gasteiger partial charge in [0.2, 0.25) is 5.91 Å². The molecule has 2 N–H and O–H groups in total. The van der Waals surface area contributed by atoms with Crippen LogP contribution >= 0.6 is 12.4 Å². The number of carbonyl (C=O) groups is 1. The van der Waals surface area contributed by atoms with Gasteiger partial charge in [-0.1, -0.05) is 6.92 Å². The van der Waals surface area contributed by atoms with Crippen LogP contribution in [0.3, 0.4) is 0 Å². The van der Waals surface area contributed by atoms with Gasteiger partial charge in [0.25, 0.3) is 0 Å². The molecule has 0 aromatic heterocycles. The molecular formula is C16H25ClN2O2. The van der Waals surface area contributed by atoms with Crippen molar-refractivity contribution in [3.8, 4) is 5.75 Å². The second kappa shape index (κ2) is 8.90. The van der Waals surface area contributed by atoms with E-state index in [1.165, 1.54) is 12.8 Å². The van der Waals surface area contributed by atoms with Gasteiger partial charge in [-0.25, -0.2) is 0 Å². The first-order chi connectivity index (χ1) is 9.67. The molecule has 0 saturated heterocycles. The Morgan fingerprint density at radius 2 is 2.00 bits per heavy atom. The summed E-state index contributed by atoms with van der Waals surface area (Å²) < 4.78 is 5.70. The fourth-order valence-electron chi connectivity index (χ4n) is 1.85. The van der Waals surface area contributed by atoms with E-state index in [4.69, 9.17) is 4.74 Å². The quantitative estimate of drug-likeness (QED) is 0.775. The number of carbonyl (C=O) groups excluding carboxylic acids is 1. The zero-order valence-electron chi connectivity index (χ0n) is 12.7. The molecule has 118 valence electrons. The van der Waals surface area contributed by atoms with Crippen LogP contribution in [0.5, 0.6) is 5.75 Å². The van der Waals surface area contributed by atoms with Gasteiger partial charge in [-0.3, -0.25) is 4.79 Å². The summed E-state index contributed by atoms with van der Waals surface area (Å²) in [6.45, 7) is 5.46. The van der Waals surface area contributed by atoms with E-state index >= 15 is 0 Å². The molecule has 0 radical (unpaired) electrons. The van der Waals surface area contributed by atoms with Crippen LogP contribution in [0.4, 0.5) is 5.69 Å². The van der Waals surface area contributed by atoms with Crippen LogP contribution in [-0.2, 0) is 4.79 Å². The zero-order chi connectivity index (χ0) is 14.4. The van der Waals surface area contributed by atoms with E-state index in [1.807, 2.05) is 31.2 Å². The van der Waals surface area contributed by atoms with Gasteiger partial charge in [-0.2, -0.15) is 0 Å². The molecule has 1 saturated carbocycles. The van der Waals surface area contributed by atoms with E-state index < -0.39 is 0 Å². The summed E-state index contributed by atoms with van der Waals surface area (Å²) in [5, 5.41) is 6.05. The summed E-state index contributed by atoms with van der Waals surface area (Å²) in [7, 11) is 0. The van der Waals surface area contributed by atoms with Crippen LogP contribution in [0.2, 0.25) is 0 Å². The summed E-state index contributed by atoms with van der Waals surface area (Å²) in [5.74, 6) is 1.63. The van der Waals surface area contributed by atoms with E-state index in [0.717, 1.165) is 30.3 Å². The molecule has 0 bridgehead atoms. The minimum absolute atomic E-state index is 0. The first kappa shape index (κ1) is 17.8. The van der Waals surface area contributed by atoms with E-state index in [2.05, 4.69) is 17.6 Å². The van der Waals surface area contributed by atoms with Gasteiger partial charge in [-0.15, -0.1) is 12.4 Å². The number of anilines is 1. The fraction of sp³-hybridized carbons (Fsp3) is 0.562. The normalized spacial score (nSPS) is 15.0. The molecule has 0 aliphatic heterocycles. The highest BCUT2D eigenvalue weighted by atomic mass is 35.5. The fourth-order valence-corrected chi connectivity index (χ4v) is 1.85. The monoisotopic (exact) mass is 312 g/mol. The lowest BCUT2D eigenvalue weighted by molar-refractivity contribution is -0.115. The van der Waals surface area contributed by atoms with Gasteiger partial charge in [0.05, 0.1) is 12.6 Å². The lowest BCUT2D eigenvalue weighted by Crippen LogP contribution is -2.29. The predicted octanol–water partition coefficient (Wildman–Crippen LogP) is 3.22. The van der Waals surface area contributed by atoms with E-state index in [0.29, 0.717) is 6.54 Å². The first-order valence-corrected chi connectivity index (χ1v) is 7.44. The Balaban J connectivity index is 0.00000220. The van der Waals surface area contributed by atoms with Crippen molar-refractivity contribution in [2.75, 3.05) is 18.4 Å². The number of halogens is 1. The average Bonchev–Trinajstić information content (AvgIpc) is 3.25. The van der Waals surface area contributed by atoms with Crippen molar-refractivity contribution in [3.63, 3.8) is 0 Å². The molecule has 1 amide bonds. The first-order valence-electron chi connectivity index (χ1n) is 7.44. The number of hydrogen-bond donors (Lipinski definition) is 2. The lowest BCUT2D eigenvalue weighted by Gasteiger charge is -2.13. The molecule has 2 rings (SSSR count). The van der Waals surface area contributed by atoms with Crippen LogP contribution in [0.1, 0.15) is 33.1 Å². The molecule has 21 heavy (non-hydrogen) atoms. The molecule has 1 fully saturated rings. The molecular weight excluding hydrogens is 288 g/mol. The molecule has 1 aliphatic carbocycles. The maximum Gasteiger partial charge on any atom is 0.238 e. The largest absolute Gasteiger partial charge is 0.491 e. The summed E-state index contributed by atoms with van der Waals surface area (Å²) >= 11 is 0. The van der Waals surface area contributed by atoms with Crippen LogP contribution in [-0.4, -0.2) is 25.1 Å². The van der Waals surface area contributed by atoms with Gasteiger partial charge in [0.15, 0.2) is 0 Å². The molecule has 0 spiro atoms.